The fourth-order valence-corrected chi connectivity index (χ4v) is 2.94. The molecule has 0 spiro atoms. The topological polar surface area (TPSA) is 20.2 Å². The molecule has 1 unspecified atom stereocenters. The first-order valence-electron chi connectivity index (χ1n) is 9.81. The van der Waals surface area contributed by atoms with Gasteiger partial charge in [0.1, 0.15) is 0 Å². The van der Waals surface area contributed by atoms with Crippen LogP contribution in [0.2, 0.25) is 0 Å². The van der Waals surface area contributed by atoms with E-state index in [1.54, 1.807) is 0 Å². The Balaban J connectivity index is 2.96. The van der Waals surface area contributed by atoms with Crippen molar-refractivity contribution in [1.82, 2.24) is 0 Å². The Kier molecular flexibility index (Phi) is 16.3. The highest BCUT2D eigenvalue weighted by molar-refractivity contribution is 4.52. The zero-order valence-electron chi connectivity index (χ0n) is 15.2. The minimum atomic E-state index is -0.102. The maximum absolute atomic E-state index is 9.17. The molecule has 0 bridgehead atoms. The van der Waals surface area contributed by atoms with Crippen molar-refractivity contribution in [2.45, 2.75) is 123 Å². The van der Waals surface area contributed by atoms with Gasteiger partial charge in [-0.1, -0.05) is 104 Å². The van der Waals surface area contributed by atoms with E-state index in [1.807, 2.05) is 6.92 Å². The molecule has 0 aromatic rings. The molecule has 1 atom stereocenters. The van der Waals surface area contributed by atoms with Crippen LogP contribution in [0.4, 0.5) is 0 Å². The summed E-state index contributed by atoms with van der Waals surface area (Å²) in [6.45, 7) is 6.55. The summed E-state index contributed by atoms with van der Waals surface area (Å²) in [6, 6.07) is 0. The van der Waals surface area contributed by atoms with Gasteiger partial charge in [-0.25, -0.2) is 0 Å². The molecule has 0 fully saturated rings. The van der Waals surface area contributed by atoms with Crippen LogP contribution in [-0.2, 0) is 0 Å². The van der Waals surface area contributed by atoms with Gasteiger partial charge in [-0.05, 0) is 19.3 Å². The summed E-state index contributed by atoms with van der Waals surface area (Å²) in [7, 11) is 0. The van der Waals surface area contributed by atoms with Gasteiger partial charge in [-0.15, -0.1) is 0 Å². The molecule has 1 nitrogen and oxygen atoms in total. The first kappa shape index (κ1) is 21.0. The van der Waals surface area contributed by atoms with E-state index in [-0.39, 0.29) is 6.10 Å². The molecule has 0 aliphatic heterocycles. The average molecular weight is 299 g/mol. The largest absolute Gasteiger partial charge is 0.393 e. The Labute approximate surface area is 134 Å². The zero-order chi connectivity index (χ0) is 15.8. The van der Waals surface area contributed by atoms with Crippen LogP contribution in [0.5, 0.6) is 0 Å². The van der Waals surface area contributed by atoms with Crippen molar-refractivity contribution in [3.63, 3.8) is 0 Å². The van der Waals surface area contributed by atoms with Crippen LogP contribution >= 0.6 is 0 Å². The number of rotatable bonds is 16. The fraction of sp³-hybridized carbons (Fsp3) is 1.00. The quantitative estimate of drug-likeness (QED) is 0.308. The lowest BCUT2D eigenvalue weighted by Crippen LogP contribution is -1.98. The van der Waals surface area contributed by atoms with Gasteiger partial charge in [0.2, 0.25) is 0 Å². The van der Waals surface area contributed by atoms with Crippen LogP contribution in [0.25, 0.3) is 0 Å². The second kappa shape index (κ2) is 16.3. The summed E-state index contributed by atoms with van der Waals surface area (Å²) in [4.78, 5) is 0. The highest BCUT2D eigenvalue weighted by Gasteiger charge is 1.97. The lowest BCUT2D eigenvalue weighted by atomic mass is 10.0. The summed E-state index contributed by atoms with van der Waals surface area (Å²) in [5.41, 5.74) is 0. The molecule has 1 heteroatoms. The van der Waals surface area contributed by atoms with Gasteiger partial charge in [0.25, 0.3) is 0 Å². The third kappa shape index (κ3) is 20.0. The first-order chi connectivity index (χ1) is 10.1. The van der Waals surface area contributed by atoms with Crippen LogP contribution in [-0.4, -0.2) is 11.2 Å². The molecule has 0 aliphatic carbocycles. The van der Waals surface area contributed by atoms with Gasteiger partial charge in [0, 0.05) is 0 Å². The van der Waals surface area contributed by atoms with Crippen LogP contribution in [0, 0.1) is 5.92 Å². The Morgan fingerprint density at radius 2 is 0.762 bits per heavy atom. The lowest BCUT2D eigenvalue weighted by molar-refractivity contribution is 0.180. The van der Waals surface area contributed by atoms with E-state index in [9.17, 15) is 0 Å². The molecule has 0 aromatic heterocycles. The van der Waals surface area contributed by atoms with Gasteiger partial charge < -0.3 is 5.11 Å². The molecule has 0 heterocycles. The second-order valence-electron chi connectivity index (χ2n) is 7.42. The van der Waals surface area contributed by atoms with Crippen molar-refractivity contribution in [2.24, 2.45) is 5.92 Å². The summed E-state index contributed by atoms with van der Waals surface area (Å²) in [6.07, 6.45) is 20.6. The van der Waals surface area contributed by atoms with Crippen molar-refractivity contribution < 1.29 is 5.11 Å². The summed E-state index contributed by atoms with van der Waals surface area (Å²) in [5.74, 6) is 0.886. The smallest absolute Gasteiger partial charge is 0.0512 e. The molecule has 0 saturated heterocycles. The minimum absolute atomic E-state index is 0.102. The van der Waals surface area contributed by atoms with E-state index in [0.717, 1.165) is 12.3 Å². The lowest BCUT2D eigenvalue weighted by Gasteiger charge is -2.05. The maximum atomic E-state index is 9.17. The molecule has 1 N–H and O–H groups in total. The standard InChI is InChI=1S/C20H42O/c1-19(2)17-15-13-11-9-7-5-4-6-8-10-12-14-16-18-20(3)21/h19-21H,4-18H2,1-3H3. The van der Waals surface area contributed by atoms with Crippen molar-refractivity contribution in [1.29, 1.82) is 0 Å². The van der Waals surface area contributed by atoms with Crippen molar-refractivity contribution in [3.05, 3.63) is 0 Å². The number of aliphatic hydroxyl groups is 1. The Morgan fingerprint density at radius 3 is 1.05 bits per heavy atom. The Hall–Kier alpha value is -0.0400. The summed E-state index contributed by atoms with van der Waals surface area (Å²) >= 11 is 0. The monoisotopic (exact) mass is 298 g/mol. The van der Waals surface area contributed by atoms with Crippen LogP contribution < -0.4 is 0 Å². The summed E-state index contributed by atoms with van der Waals surface area (Å²) < 4.78 is 0. The fourth-order valence-electron chi connectivity index (χ4n) is 2.94. The third-order valence-corrected chi connectivity index (χ3v) is 4.40. The predicted molar refractivity (Wildman–Crippen MR) is 95.8 cm³/mol. The molecule has 0 rings (SSSR count). The first-order valence-corrected chi connectivity index (χ1v) is 9.81. The molecule has 128 valence electrons. The van der Waals surface area contributed by atoms with E-state index >= 15 is 0 Å². The van der Waals surface area contributed by atoms with Gasteiger partial charge >= 0.3 is 0 Å². The van der Waals surface area contributed by atoms with Crippen LogP contribution in [0.15, 0.2) is 0 Å². The van der Waals surface area contributed by atoms with Gasteiger partial charge in [-0.3, -0.25) is 0 Å². The van der Waals surface area contributed by atoms with Crippen molar-refractivity contribution in [3.8, 4) is 0 Å². The molecule has 0 aliphatic rings. The van der Waals surface area contributed by atoms with Gasteiger partial charge in [0.15, 0.2) is 0 Å². The van der Waals surface area contributed by atoms with Crippen molar-refractivity contribution >= 4 is 0 Å². The minimum Gasteiger partial charge on any atom is -0.393 e. The van der Waals surface area contributed by atoms with Gasteiger partial charge in [0.05, 0.1) is 6.10 Å². The average Bonchev–Trinajstić information content (AvgIpc) is 2.42. The van der Waals surface area contributed by atoms with E-state index in [1.165, 1.54) is 89.9 Å². The summed E-state index contributed by atoms with van der Waals surface area (Å²) in [5, 5.41) is 9.17. The predicted octanol–water partition coefficient (Wildman–Crippen LogP) is 6.87. The van der Waals surface area contributed by atoms with Crippen LogP contribution in [0.1, 0.15) is 117 Å². The van der Waals surface area contributed by atoms with Crippen molar-refractivity contribution in [2.75, 3.05) is 0 Å². The number of aliphatic hydroxyl groups excluding tert-OH is 1. The van der Waals surface area contributed by atoms with Crippen LogP contribution in [0.3, 0.4) is 0 Å². The Bertz CT molecular complexity index is 166. The van der Waals surface area contributed by atoms with E-state index in [2.05, 4.69) is 13.8 Å². The highest BCUT2D eigenvalue weighted by atomic mass is 16.3. The number of hydrogen-bond donors (Lipinski definition) is 1. The van der Waals surface area contributed by atoms with E-state index in [4.69, 9.17) is 5.11 Å². The molecule has 0 aromatic carbocycles. The number of unbranched alkanes of at least 4 members (excludes halogenated alkanes) is 12. The molecule has 0 amide bonds. The van der Waals surface area contributed by atoms with E-state index in [0.29, 0.717) is 0 Å². The second-order valence-corrected chi connectivity index (χ2v) is 7.42. The maximum Gasteiger partial charge on any atom is 0.0512 e. The van der Waals surface area contributed by atoms with Gasteiger partial charge in [-0.2, -0.15) is 0 Å². The molecular formula is C20H42O. The normalized spacial score (nSPS) is 13.0. The number of hydrogen-bond acceptors (Lipinski definition) is 1. The molecular weight excluding hydrogens is 256 g/mol. The highest BCUT2D eigenvalue weighted by Crippen LogP contribution is 2.14. The third-order valence-electron chi connectivity index (χ3n) is 4.40. The zero-order valence-corrected chi connectivity index (χ0v) is 15.2. The molecule has 21 heavy (non-hydrogen) atoms. The Morgan fingerprint density at radius 1 is 0.476 bits per heavy atom. The molecule has 0 saturated carbocycles. The molecule has 0 radical (unpaired) electrons. The SMILES string of the molecule is CC(C)CCCCCCCCCCCCCCCC(C)O. The van der Waals surface area contributed by atoms with E-state index < -0.39 is 0 Å².